The van der Waals surface area contributed by atoms with Gasteiger partial charge in [-0.1, -0.05) is 19.1 Å². The highest BCUT2D eigenvalue weighted by atomic mass is 19.1. The summed E-state index contributed by atoms with van der Waals surface area (Å²) < 4.78 is 12.7. The van der Waals surface area contributed by atoms with Crippen LogP contribution in [0.5, 0.6) is 0 Å². The molecule has 2 unspecified atom stereocenters. The molecule has 0 aliphatic rings. The van der Waals surface area contributed by atoms with E-state index in [4.69, 9.17) is 5.11 Å². The lowest BCUT2D eigenvalue weighted by Crippen LogP contribution is -2.43. The first-order chi connectivity index (χ1) is 9.38. The van der Waals surface area contributed by atoms with Crippen LogP contribution < -0.4 is 10.6 Å². The monoisotopic (exact) mass is 282 g/mol. The van der Waals surface area contributed by atoms with Crippen LogP contribution in [0.4, 0.5) is 9.18 Å². The van der Waals surface area contributed by atoms with Crippen molar-refractivity contribution in [3.8, 4) is 0 Å². The minimum Gasteiger partial charge on any atom is -0.481 e. The molecule has 1 rings (SSSR count). The van der Waals surface area contributed by atoms with Crippen molar-refractivity contribution in [2.75, 3.05) is 6.54 Å². The number of amides is 2. The van der Waals surface area contributed by atoms with Gasteiger partial charge in [-0.15, -0.1) is 0 Å². The van der Waals surface area contributed by atoms with Crippen molar-refractivity contribution >= 4 is 12.0 Å². The van der Waals surface area contributed by atoms with Crippen molar-refractivity contribution in [3.63, 3.8) is 0 Å². The summed E-state index contributed by atoms with van der Waals surface area (Å²) in [5.74, 6) is -1.88. The number of urea groups is 1. The zero-order valence-electron chi connectivity index (χ0n) is 11.5. The maximum atomic E-state index is 12.7. The van der Waals surface area contributed by atoms with E-state index in [0.29, 0.717) is 6.42 Å². The Balaban J connectivity index is 2.34. The molecular weight excluding hydrogens is 263 g/mol. The van der Waals surface area contributed by atoms with Gasteiger partial charge in [0.05, 0.1) is 5.92 Å². The molecule has 0 saturated heterocycles. The van der Waals surface area contributed by atoms with E-state index in [1.54, 1.807) is 12.1 Å². The first-order valence-corrected chi connectivity index (χ1v) is 6.40. The van der Waals surface area contributed by atoms with Gasteiger partial charge < -0.3 is 15.7 Å². The second kappa shape index (κ2) is 7.47. The van der Waals surface area contributed by atoms with Crippen molar-refractivity contribution in [1.82, 2.24) is 10.6 Å². The molecule has 2 amide bonds. The molecule has 0 aromatic heterocycles. The van der Waals surface area contributed by atoms with E-state index < -0.39 is 17.9 Å². The third-order valence-corrected chi connectivity index (χ3v) is 2.82. The number of carbonyl (C=O) groups excluding carboxylic acids is 1. The van der Waals surface area contributed by atoms with Gasteiger partial charge in [0.25, 0.3) is 0 Å². The maximum absolute atomic E-state index is 12.7. The lowest BCUT2D eigenvalue weighted by atomic mass is 10.1. The fourth-order valence-corrected chi connectivity index (χ4v) is 1.63. The predicted molar refractivity (Wildman–Crippen MR) is 72.9 cm³/mol. The van der Waals surface area contributed by atoms with E-state index in [1.165, 1.54) is 19.1 Å². The van der Waals surface area contributed by atoms with E-state index in [2.05, 4.69) is 10.6 Å². The van der Waals surface area contributed by atoms with Crippen molar-refractivity contribution < 1.29 is 19.1 Å². The molecule has 0 spiro atoms. The number of rotatable bonds is 6. The second-order valence-corrected chi connectivity index (χ2v) is 4.83. The highest BCUT2D eigenvalue weighted by molar-refractivity contribution is 5.75. The topological polar surface area (TPSA) is 78.4 Å². The molecule has 110 valence electrons. The summed E-state index contributed by atoms with van der Waals surface area (Å²) in [7, 11) is 0. The van der Waals surface area contributed by atoms with E-state index >= 15 is 0 Å². The van der Waals surface area contributed by atoms with Crippen LogP contribution in [0.2, 0.25) is 0 Å². The van der Waals surface area contributed by atoms with Gasteiger partial charge in [0.15, 0.2) is 0 Å². The standard InChI is InChI=1S/C14H19FN2O3/c1-9(13(18)19)8-16-14(20)17-10(2)7-11-3-5-12(15)6-4-11/h3-6,9-10H,7-8H2,1-2H3,(H,18,19)(H2,16,17,20). The fraction of sp³-hybridized carbons (Fsp3) is 0.429. The van der Waals surface area contributed by atoms with Crippen molar-refractivity contribution in [2.24, 2.45) is 5.92 Å². The van der Waals surface area contributed by atoms with Crippen LogP contribution in [0.3, 0.4) is 0 Å². The SMILES string of the molecule is CC(Cc1ccc(F)cc1)NC(=O)NCC(C)C(=O)O. The third kappa shape index (κ3) is 5.69. The average molecular weight is 282 g/mol. The molecule has 5 nitrogen and oxygen atoms in total. The fourth-order valence-electron chi connectivity index (χ4n) is 1.63. The molecule has 0 radical (unpaired) electrons. The van der Waals surface area contributed by atoms with Crippen molar-refractivity contribution in [1.29, 1.82) is 0 Å². The number of carboxylic acid groups (broad SMARTS) is 1. The average Bonchev–Trinajstić information content (AvgIpc) is 2.38. The summed E-state index contributed by atoms with van der Waals surface area (Å²) in [6.07, 6.45) is 0.572. The van der Waals surface area contributed by atoms with Gasteiger partial charge in [-0.05, 0) is 31.0 Å². The molecule has 0 heterocycles. The number of halogens is 1. The highest BCUT2D eigenvalue weighted by Gasteiger charge is 2.13. The number of nitrogens with one attached hydrogen (secondary N) is 2. The Kier molecular flexibility index (Phi) is 5.96. The van der Waals surface area contributed by atoms with E-state index in [1.807, 2.05) is 6.92 Å². The Morgan fingerprint density at radius 1 is 1.25 bits per heavy atom. The van der Waals surface area contributed by atoms with E-state index in [9.17, 15) is 14.0 Å². The molecule has 6 heteroatoms. The number of benzene rings is 1. The number of hydrogen-bond acceptors (Lipinski definition) is 2. The first-order valence-electron chi connectivity index (χ1n) is 6.40. The molecule has 1 aromatic rings. The van der Waals surface area contributed by atoms with Gasteiger partial charge in [0.2, 0.25) is 0 Å². The molecule has 0 saturated carbocycles. The smallest absolute Gasteiger partial charge is 0.315 e. The van der Waals surface area contributed by atoms with Crippen LogP contribution in [0, 0.1) is 11.7 Å². The molecule has 0 fully saturated rings. The normalized spacial score (nSPS) is 13.3. The van der Waals surface area contributed by atoms with Crippen LogP contribution in [0.1, 0.15) is 19.4 Å². The number of carboxylic acids is 1. The lowest BCUT2D eigenvalue weighted by molar-refractivity contribution is -0.140. The third-order valence-electron chi connectivity index (χ3n) is 2.82. The molecule has 0 bridgehead atoms. The molecule has 20 heavy (non-hydrogen) atoms. The van der Waals surface area contributed by atoms with Gasteiger partial charge >= 0.3 is 12.0 Å². The van der Waals surface area contributed by atoms with Crippen molar-refractivity contribution in [2.45, 2.75) is 26.3 Å². The molecule has 2 atom stereocenters. The van der Waals surface area contributed by atoms with E-state index in [0.717, 1.165) is 5.56 Å². The zero-order valence-corrected chi connectivity index (χ0v) is 11.5. The van der Waals surface area contributed by atoms with Crippen LogP contribution >= 0.6 is 0 Å². The van der Waals surface area contributed by atoms with Gasteiger partial charge in [0.1, 0.15) is 5.82 Å². The molecular formula is C14H19FN2O3. The Morgan fingerprint density at radius 3 is 2.40 bits per heavy atom. The zero-order chi connectivity index (χ0) is 15.1. The Hall–Kier alpha value is -2.11. The Labute approximate surface area is 117 Å². The van der Waals surface area contributed by atoms with E-state index in [-0.39, 0.29) is 18.4 Å². The minimum atomic E-state index is -0.954. The van der Waals surface area contributed by atoms with Gasteiger partial charge in [0, 0.05) is 12.6 Å². The summed E-state index contributed by atoms with van der Waals surface area (Å²) in [5.41, 5.74) is 0.915. The Bertz CT molecular complexity index is 462. The Morgan fingerprint density at radius 2 is 1.85 bits per heavy atom. The minimum absolute atomic E-state index is 0.0738. The van der Waals surface area contributed by atoms with Gasteiger partial charge in [-0.25, -0.2) is 9.18 Å². The first kappa shape index (κ1) is 15.9. The summed E-state index contributed by atoms with van der Waals surface area (Å²) >= 11 is 0. The second-order valence-electron chi connectivity index (χ2n) is 4.83. The summed E-state index contributed by atoms with van der Waals surface area (Å²) in [6, 6.07) is 5.52. The van der Waals surface area contributed by atoms with Crippen molar-refractivity contribution in [3.05, 3.63) is 35.6 Å². The maximum Gasteiger partial charge on any atom is 0.315 e. The lowest BCUT2D eigenvalue weighted by Gasteiger charge is -2.15. The predicted octanol–water partition coefficient (Wildman–Crippen LogP) is 1.78. The molecule has 3 N–H and O–H groups in total. The summed E-state index contributed by atoms with van der Waals surface area (Å²) in [6.45, 7) is 3.42. The van der Waals surface area contributed by atoms with Crippen LogP contribution in [0.25, 0.3) is 0 Å². The number of carbonyl (C=O) groups is 2. The molecule has 0 aliphatic heterocycles. The quantitative estimate of drug-likeness (QED) is 0.744. The van der Waals surface area contributed by atoms with Crippen LogP contribution in [0.15, 0.2) is 24.3 Å². The van der Waals surface area contributed by atoms with Gasteiger partial charge in [-0.3, -0.25) is 4.79 Å². The molecule has 0 aliphatic carbocycles. The number of aliphatic carboxylic acids is 1. The largest absolute Gasteiger partial charge is 0.481 e. The highest BCUT2D eigenvalue weighted by Crippen LogP contribution is 2.05. The molecule has 1 aromatic carbocycles. The summed E-state index contributed by atoms with van der Waals surface area (Å²) in [4.78, 5) is 22.2. The van der Waals surface area contributed by atoms with Gasteiger partial charge in [-0.2, -0.15) is 0 Å². The number of hydrogen-bond donors (Lipinski definition) is 3. The summed E-state index contributed by atoms with van der Waals surface area (Å²) in [5, 5.41) is 13.9. The van der Waals surface area contributed by atoms with Crippen LogP contribution in [-0.4, -0.2) is 29.7 Å². The van der Waals surface area contributed by atoms with Crippen LogP contribution in [-0.2, 0) is 11.2 Å².